The SMILES string of the molecule is C=CC(=O)N1CC2(CCN(c3cc(-c4c(C)ccc5[nH]ncc45)ncn3)C2)C1. The van der Waals surface area contributed by atoms with E-state index < -0.39 is 0 Å². The summed E-state index contributed by atoms with van der Waals surface area (Å²) in [5.74, 6) is 0.965. The van der Waals surface area contributed by atoms with E-state index in [1.807, 2.05) is 17.2 Å². The minimum atomic E-state index is 0.0251. The van der Waals surface area contributed by atoms with E-state index >= 15 is 0 Å². The highest BCUT2D eigenvalue weighted by molar-refractivity contribution is 5.95. The van der Waals surface area contributed by atoms with Gasteiger partial charge >= 0.3 is 0 Å². The predicted octanol–water partition coefficient (Wildman–Crippen LogP) is 2.55. The molecule has 3 aromatic rings. The van der Waals surface area contributed by atoms with E-state index in [1.165, 1.54) is 6.08 Å². The molecule has 1 aromatic carbocycles. The number of nitrogens with zero attached hydrogens (tertiary/aromatic N) is 5. The molecule has 1 amide bonds. The summed E-state index contributed by atoms with van der Waals surface area (Å²) in [6.07, 6.45) is 5.96. The van der Waals surface area contributed by atoms with Crippen LogP contribution in [0.5, 0.6) is 0 Å². The van der Waals surface area contributed by atoms with Crippen LogP contribution >= 0.6 is 0 Å². The van der Waals surface area contributed by atoms with Gasteiger partial charge < -0.3 is 9.80 Å². The highest BCUT2D eigenvalue weighted by Gasteiger charge is 2.49. The van der Waals surface area contributed by atoms with Crippen molar-refractivity contribution in [2.45, 2.75) is 13.3 Å². The Morgan fingerprint density at radius 3 is 2.96 bits per heavy atom. The lowest BCUT2D eigenvalue weighted by atomic mass is 9.79. The van der Waals surface area contributed by atoms with Crippen molar-refractivity contribution in [2.75, 3.05) is 31.1 Å². The van der Waals surface area contributed by atoms with E-state index in [0.29, 0.717) is 0 Å². The van der Waals surface area contributed by atoms with Crippen LogP contribution in [0.4, 0.5) is 5.82 Å². The third-order valence-corrected chi connectivity index (χ3v) is 6.04. The fraction of sp³-hybridized carbons (Fsp3) is 0.333. The molecule has 142 valence electrons. The van der Waals surface area contributed by atoms with Crippen LogP contribution in [0.2, 0.25) is 0 Å². The zero-order chi connectivity index (χ0) is 19.3. The fourth-order valence-electron chi connectivity index (χ4n) is 4.56. The lowest BCUT2D eigenvalue weighted by Gasteiger charge is -2.47. The summed E-state index contributed by atoms with van der Waals surface area (Å²) < 4.78 is 0. The second kappa shape index (κ2) is 6.15. The first-order valence-electron chi connectivity index (χ1n) is 9.50. The van der Waals surface area contributed by atoms with Crippen LogP contribution in [-0.4, -0.2) is 57.2 Å². The summed E-state index contributed by atoms with van der Waals surface area (Å²) in [5, 5.41) is 8.27. The Morgan fingerprint density at radius 2 is 2.14 bits per heavy atom. The van der Waals surface area contributed by atoms with E-state index in [9.17, 15) is 4.79 Å². The van der Waals surface area contributed by atoms with Crippen molar-refractivity contribution in [3.8, 4) is 11.3 Å². The summed E-state index contributed by atoms with van der Waals surface area (Å²) >= 11 is 0. The van der Waals surface area contributed by atoms with Gasteiger partial charge in [0, 0.05) is 48.6 Å². The Bertz CT molecular complexity index is 1080. The summed E-state index contributed by atoms with van der Waals surface area (Å²) in [7, 11) is 0. The average molecular weight is 374 g/mol. The molecule has 2 fully saturated rings. The number of rotatable bonds is 3. The number of hydrogen-bond acceptors (Lipinski definition) is 5. The normalized spacial score (nSPS) is 17.9. The van der Waals surface area contributed by atoms with Crippen LogP contribution in [0.15, 0.2) is 43.4 Å². The Kier molecular flexibility index (Phi) is 3.72. The van der Waals surface area contributed by atoms with Crippen molar-refractivity contribution >= 4 is 22.6 Å². The first kappa shape index (κ1) is 16.9. The van der Waals surface area contributed by atoms with Crippen LogP contribution in [0.25, 0.3) is 22.2 Å². The molecule has 7 nitrogen and oxygen atoms in total. The van der Waals surface area contributed by atoms with E-state index in [0.717, 1.165) is 66.1 Å². The standard InChI is InChI=1S/C21H22N6O/c1-3-19(28)27-11-21(12-27)6-7-26(10-21)18-8-17(22-13-23-18)20-14(2)4-5-16-15(20)9-24-25-16/h3-5,8-9,13H,1,6-7,10-12H2,2H3,(H,24,25). The highest BCUT2D eigenvalue weighted by Crippen LogP contribution is 2.41. The van der Waals surface area contributed by atoms with Gasteiger partial charge in [-0.15, -0.1) is 0 Å². The lowest BCUT2D eigenvalue weighted by Crippen LogP contribution is -2.59. The van der Waals surface area contributed by atoms with E-state index in [1.54, 1.807) is 6.33 Å². The number of likely N-dealkylation sites (tertiary alicyclic amines) is 1. The van der Waals surface area contributed by atoms with E-state index in [-0.39, 0.29) is 11.3 Å². The van der Waals surface area contributed by atoms with Crippen molar-refractivity contribution in [1.82, 2.24) is 25.1 Å². The minimum Gasteiger partial charge on any atom is -0.356 e. The third kappa shape index (κ3) is 2.58. The van der Waals surface area contributed by atoms with Gasteiger partial charge in [-0.1, -0.05) is 12.6 Å². The van der Waals surface area contributed by atoms with Crippen LogP contribution in [0, 0.1) is 12.3 Å². The van der Waals surface area contributed by atoms with Gasteiger partial charge in [-0.25, -0.2) is 9.97 Å². The molecule has 2 aliphatic heterocycles. The maximum absolute atomic E-state index is 11.8. The number of aryl methyl sites for hydroxylation is 1. The number of H-pyrrole nitrogens is 1. The van der Waals surface area contributed by atoms with Crippen molar-refractivity contribution in [1.29, 1.82) is 0 Å². The number of benzene rings is 1. The lowest BCUT2D eigenvalue weighted by molar-refractivity contribution is -0.136. The summed E-state index contributed by atoms with van der Waals surface area (Å²) in [6, 6.07) is 6.20. The van der Waals surface area contributed by atoms with Gasteiger partial charge in [0.25, 0.3) is 0 Å². The molecule has 7 heteroatoms. The number of fused-ring (bicyclic) bond motifs is 1. The van der Waals surface area contributed by atoms with Gasteiger partial charge in [0.1, 0.15) is 12.1 Å². The molecule has 4 heterocycles. The number of hydrogen-bond donors (Lipinski definition) is 1. The zero-order valence-electron chi connectivity index (χ0n) is 15.9. The Labute approximate surface area is 163 Å². The van der Waals surface area contributed by atoms with Gasteiger partial charge in [0.05, 0.1) is 17.4 Å². The maximum Gasteiger partial charge on any atom is 0.245 e. The smallest absolute Gasteiger partial charge is 0.245 e. The van der Waals surface area contributed by atoms with Gasteiger partial charge in [0.2, 0.25) is 5.91 Å². The van der Waals surface area contributed by atoms with E-state index in [2.05, 4.69) is 50.7 Å². The average Bonchev–Trinajstić information content (AvgIpc) is 3.33. The summed E-state index contributed by atoms with van der Waals surface area (Å²) in [6.45, 7) is 9.14. The molecule has 2 aliphatic rings. The summed E-state index contributed by atoms with van der Waals surface area (Å²) in [4.78, 5) is 25.0. The van der Waals surface area contributed by atoms with Crippen LogP contribution in [0.3, 0.4) is 0 Å². The van der Waals surface area contributed by atoms with Crippen molar-refractivity contribution < 1.29 is 4.79 Å². The van der Waals surface area contributed by atoms with Gasteiger partial charge in [-0.3, -0.25) is 9.89 Å². The molecule has 0 aliphatic carbocycles. The van der Waals surface area contributed by atoms with Gasteiger partial charge in [-0.05, 0) is 31.1 Å². The molecule has 1 N–H and O–H groups in total. The number of amides is 1. The van der Waals surface area contributed by atoms with Gasteiger partial charge in [-0.2, -0.15) is 5.10 Å². The number of aromatic nitrogens is 4. The van der Waals surface area contributed by atoms with Crippen molar-refractivity contribution in [3.05, 3.63) is 48.9 Å². The van der Waals surface area contributed by atoms with E-state index in [4.69, 9.17) is 0 Å². The molecule has 0 unspecified atom stereocenters. The number of aromatic amines is 1. The first-order chi connectivity index (χ1) is 13.6. The molecule has 0 saturated carbocycles. The number of nitrogens with one attached hydrogen (secondary N) is 1. The molecule has 28 heavy (non-hydrogen) atoms. The molecular formula is C21H22N6O. The van der Waals surface area contributed by atoms with Gasteiger partial charge in [0.15, 0.2) is 0 Å². The summed E-state index contributed by atoms with van der Waals surface area (Å²) in [5.41, 5.74) is 4.35. The number of carbonyl (C=O) groups excluding carboxylic acids is 1. The fourth-order valence-corrected chi connectivity index (χ4v) is 4.56. The second-order valence-electron chi connectivity index (χ2n) is 7.92. The Morgan fingerprint density at radius 1 is 1.29 bits per heavy atom. The minimum absolute atomic E-state index is 0.0251. The molecule has 2 saturated heterocycles. The zero-order valence-corrected chi connectivity index (χ0v) is 15.9. The third-order valence-electron chi connectivity index (χ3n) is 6.04. The number of carbonyl (C=O) groups is 1. The van der Waals surface area contributed by atoms with Crippen LogP contribution in [-0.2, 0) is 4.79 Å². The molecule has 0 atom stereocenters. The Balaban J connectivity index is 1.42. The first-order valence-corrected chi connectivity index (χ1v) is 9.50. The maximum atomic E-state index is 11.8. The molecule has 2 aromatic heterocycles. The largest absolute Gasteiger partial charge is 0.356 e. The molecular weight excluding hydrogens is 352 g/mol. The van der Waals surface area contributed by atoms with Crippen molar-refractivity contribution in [2.24, 2.45) is 5.41 Å². The monoisotopic (exact) mass is 374 g/mol. The quantitative estimate of drug-likeness (QED) is 0.713. The van der Waals surface area contributed by atoms with Crippen LogP contribution < -0.4 is 4.90 Å². The Hall–Kier alpha value is -3.22. The topological polar surface area (TPSA) is 78.0 Å². The van der Waals surface area contributed by atoms with Crippen LogP contribution in [0.1, 0.15) is 12.0 Å². The highest BCUT2D eigenvalue weighted by atomic mass is 16.2. The molecule has 0 radical (unpaired) electrons. The molecule has 1 spiro atoms. The number of anilines is 1. The molecule has 0 bridgehead atoms. The molecule has 5 rings (SSSR count). The predicted molar refractivity (Wildman–Crippen MR) is 108 cm³/mol. The van der Waals surface area contributed by atoms with Crippen molar-refractivity contribution in [3.63, 3.8) is 0 Å². The second-order valence-corrected chi connectivity index (χ2v) is 7.92.